The molecule has 19 heavy (non-hydrogen) atoms. The van der Waals surface area contributed by atoms with Crippen LogP contribution in [-0.2, 0) is 19.0 Å². The summed E-state index contributed by atoms with van der Waals surface area (Å²) in [6.07, 6.45) is 4.16. The van der Waals surface area contributed by atoms with Gasteiger partial charge in [0, 0.05) is 27.2 Å². The van der Waals surface area contributed by atoms with Crippen LogP contribution in [0.1, 0.15) is 39.0 Å². The summed E-state index contributed by atoms with van der Waals surface area (Å²) in [5.41, 5.74) is -0.568. The Morgan fingerprint density at radius 3 is 2.89 bits per heavy atom. The highest BCUT2D eigenvalue weighted by molar-refractivity contribution is 5.66. The molecule has 1 aliphatic heterocycles. The molecule has 2 aliphatic rings. The molecule has 2 rings (SSSR count). The van der Waals surface area contributed by atoms with Gasteiger partial charge in [-0.05, 0) is 37.5 Å². The molecule has 5 nitrogen and oxygen atoms in total. The average Bonchev–Trinajstić information content (AvgIpc) is 2.81. The molecule has 1 aliphatic carbocycles. The molecule has 1 saturated heterocycles. The van der Waals surface area contributed by atoms with Gasteiger partial charge in [0.1, 0.15) is 5.60 Å². The van der Waals surface area contributed by atoms with Crippen molar-refractivity contribution >= 4 is 5.97 Å². The minimum Gasteiger partial charge on any atom is -0.433 e. The number of carbonyl (C=O) groups is 1. The van der Waals surface area contributed by atoms with Gasteiger partial charge in [0.25, 0.3) is 0 Å². The molecule has 0 radical (unpaired) electrons. The van der Waals surface area contributed by atoms with Gasteiger partial charge >= 0.3 is 5.97 Å². The molecule has 110 valence electrons. The second-order valence-electron chi connectivity index (χ2n) is 5.50. The smallest absolute Gasteiger partial charge is 0.305 e. The van der Waals surface area contributed by atoms with Crippen molar-refractivity contribution in [3.8, 4) is 0 Å². The Hall–Kier alpha value is -0.650. The van der Waals surface area contributed by atoms with Crippen molar-refractivity contribution in [1.82, 2.24) is 0 Å². The summed E-state index contributed by atoms with van der Waals surface area (Å²) in [6.45, 7) is 2.18. The molecule has 0 aromatic rings. The highest BCUT2D eigenvalue weighted by Crippen LogP contribution is 2.51. The number of esters is 1. The Kier molecular flexibility index (Phi) is 4.81. The topological polar surface area (TPSA) is 65.0 Å². The lowest BCUT2D eigenvalue weighted by molar-refractivity contribution is -0.260. The van der Waals surface area contributed by atoms with Crippen LogP contribution in [0.25, 0.3) is 0 Å². The molecule has 0 aromatic carbocycles. The molecule has 0 spiro atoms. The van der Waals surface area contributed by atoms with Gasteiger partial charge in [0.05, 0.1) is 0 Å². The summed E-state index contributed by atoms with van der Waals surface area (Å²) in [4.78, 5) is 11.3. The number of hydrogen-bond donors (Lipinski definition) is 1. The third kappa shape index (κ3) is 2.64. The molecule has 1 heterocycles. The van der Waals surface area contributed by atoms with Gasteiger partial charge in [-0.1, -0.05) is 6.42 Å². The van der Waals surface area contributed by atoms with Crippen LogP contribution >= 0.6 is 0 Å². The Bertz CT molecular complexity index is 317. The number of aliphatic hydroxyl groups is 1. The highest BCUT2D eigenvalue weighted by Gasteiger charge is 2.58. The monoisotopic (exact) mass is 272 g/mol. The average molecular weight is 272 g/mol. The molecule has 0 unspecified atom stereocenters. The number of ether oxygens (including phenoxy) is 3. The molecule has 5 heteroatoms. The molecule has 0 bridgehead atoms. The van der Waals surface area contributed by atoms with E-state index in [4.69, 9.17) is 14.2 Å². The predicted molar refractivity (Wildman–Crippen MR) is 68.4 cm³/mol. The van der Waals surface area contributed by atoms with E-state index in [0.29, 0.717) is 18.9 Å². The van der Waals surface area contributed by atoms with Gasteiger partial charge in [-0.2, -0.15) is 0 Å². The molecule has 0 amide bonds. The van der Waals surface area contributed by atoms with E-state index in [1.807, 2.05) is 0 Å². The summed E-state index contributed by atoms with van der Waals surface area (Å²) < 4.78 is 16.8. The zero-order chi connectivity index (χ0) is 13.9. The van der Waals surface area contributed by atoms with Gasteiger partial charge < -0.3 is 19.3 Å². The van der Waals surface area contributed by atoms with Gasteiger partial charge in [-0.3, -0.25) is 4.79 Å². The maximum absolute atomic E-state index is 11.3. The molecular weight excluding hydrogens is 248 g/mol. The first-order valence-electron chi connectivity index (χ1n) is 7.10. The van der Waals surface area contributed by atoms with Crippen LogP contribution in [0.3, 0.4) is 0 Å². The van der Waals surface area contributed by atoms with Crippen molar-refractivity contribution < 1.29 is 24.1 Å². The predicted octanol–water partition coefficient (Wildman–Crippen LogP) is 1.48. The number of fused-ring (bicyclic) bond motifs is 1. The molecule has 4 atom stereocenters. The zero-order valence-electron chi connectivity index (χ0n) is 11.8. The largest absolute Gasteiger partial charge is 0.433 e. The van der Waals surface area contributed by atoms with Crippen LogP contribution in [-0.4, -0.2) is 43.3 Å². The Morgan fingerprint density at radius 1 is 1.47 bits per heavy atom. The van der Waals surface area contributed by atoms with E-state index >= 15 is 0 Å². The fraction of sp³-hybridized carbons (Fsp3) is 0.929. The molecular formula is C14H24O5. The van der Waals surface area contributed by atoms with Crippen LogP contribution in [0.15, 0.2) is 0 Å². The van der Waals surface area contributed by atoms with E-state index in [9.17, 15) is 9.90 Å². The third-order valence-electron chi connectivity index (χ3n) is 4.53. The summed E-state index contributed by atoms with van der Waals surface area (Å²) in [5.74, 6) is 0.175. The van der Waals surface area contributed by atoms with Crippen molar-refractivity contribution in [3.05, 3.63) is 0 Å². The van der Waals surface area contributed by atoms with Gasteiger partial charge in [-0.25, -0.2) is 0 Å². The van der Waals surface area contributed by atoms with Crippen LogP contribution in [0, 0.1) is 11.8 Å². The maximum Gasteiger partial charge on any atom is 0.305 e. The summed E-state index contributed by atoms with van der Waals surface area (Å²) in [6, 6.07) is 0. The first-order valence-corrected chi connectivity index (χ1v) is 7.10. The minimum absolute atomic E-state index is 0.124. The molecule has 2 fully saturated rings. The van der Waals surface area contributed by atoms with Crippen molar-refractivity contribution in [2.45, 2.75) is 50.9 Å². The first kappa shape index (κ1) is 14.8. The van der Waals surface area contributed by atoms with Gasteiger partial charge in [0.2, 0.25) is 6.29 Å². The summed E-state index contributed by atoms with van der Waals surface area (Å²) >= 11 is 0. The SMILES string of the molecule is CO[C@H](OC(C)=O)[C@]12OCC[C@H]1CCC[C@H]2CCO. The molecule has 1 saturated carbocycles. The number of carbonyl (C=O) groups excluding carboxylic acids is 1. The van der Waals surface area contributed by atoms with E-state index < -0.39 is 11.9 Å². The second kappa shape index (κ2) is 6.20. The van der Waals surface area contributed by atoms with Crippen LogP contribution in [0.5, 0.6) is 0 Å². The standard InChI is InChI=1S/C14H24O5/c1-10(16)19-13(17-2)14-11(6-8-15)4-3-5-12(14)7-9-18-14/h11-13,15H,3-9H2,1-2H3/t11-,12+,13+,14+/m0/s1. The van der Waals surface area contributed by atoms with Gasteiger partial charge in [-0.15, -0.1) is 0 Å². The van der Waals surface area contributed by atoms with Crippen LogP contribution in [0.2, 0.25) is 0 Å². The number of hydrogen-bond acceptors (Lipinski definition) is 5. The maximum atomic E-state index is 11.3. The van der Waals surface area contributed by atoms with Crippen LogP contribution < -0.4 is 0 Å². The van der Waals surface area contributed by atoms with E-state index in [1.54, 1.807) is 7.11 Å². The number of methoxy groups -OCH3 is 1. The Labute approximate surface area is 114 Å². The van der Waals surface area contributed by atoms with E-state index in [1.165, 1.54) is 6.92 Å². The van der Waals surface area contributed by atoms with Crippen molar-refractivity contribution in [2.24, 2.45) is 11.8 Å². The summed E-state index contributed by atoms with van der Waals surface area (Å²) in [7, 11) is 1.55. The Balaban J connectivity index is 2.27. The van der Waals surface area contributed by atoms with E-state index in [-0.39, 0.29) is 18.5 Å². The minimum atomic E-state index is -0.672. The fourth-order valence-corrected chi connectivity index (χ4v) is 3.83. The lowest BCUT2D eigenvalue weighted by Gasteiger charge is -2.47. The fourth-order valence-electron chi connectivity index (χ4n) is 3.83. The zero-order valence-corrected chi connectivity index (χ0v) is 11.8. The number of aliphatic hydroxyl groups excluding tert-OH is 1. The highest BCUT2D eigenvalue weighted by atomic mass is 16.7. The van der Waals surface area contributed by atoms with Crippen molar-refractivity contribution in [1.29, 1.82) is 0 Å². The normalized spacial score (nSPS) is 35.7. The quantitative estimate of drug-likeness (QED) is 0.606. The lowest BCUT2D eigenvalue weighted by atomic mass is 9.67. The van der Waals surface area contributed by atoms with E-state index in [2.05, 4.69) is 0 Å². The lowest BCUT2D eigenvalue weighted by Crippen LogP contribution is -2.57. The molecule has 1 N–H and O–H groups in total. The van der Waals surface area contributed by atoms with Crippen molar-refractivity contribution in [3.63, 3.8) is 0 Å². The van der Waals surface area contributed by atoms with Gasteiger partial charge in [0.15, 0.2) is 0 Å². The molecule has 0 aromatic heterocycles. The first-order chi connectivity index (χ1) is 9.15. The van der Waals surface area contributed by atoms with Crippen LogP contribution in [0.4, 0.5) is 0 Å². The third-order valence-corrected chi connectivity index (χ3v) is 4.53. The number of rotatable bonds is 5. The van der Waals surface area contributed by atoms with Crippen molar-refractivity contribution in [2.75, 3.05) is 20.3 Å². The summed E-state index contributed by atoms with van der Waals surface area (Å²) in [5, 5.41) is 9.29. The second-order valence-corrected chi connectivity index (χ2v) is 5.50. The Morgan fingerprint density at radius 2 is 2.26 bits per heavy atom. The van der Waals surface area contributed by atoms with E-state index in [0.717, 1.165) is 25.7 Å².